The molecule has 5 aromatic rings. The number of aromatic nitrogens is 4. The van der Waals surface area contributed by atoms with Gasteiger partial charge in [0, 0.05) is 32.1 Å². The van der Waals surface area contributed by atoms with Crippen LogP contribution in [0.2, 0.25) is 0 Å². The first-order valence-electron chi connectivity index (χ1n) is 11.0. The molecule has 0 bridgehead atoms. The number of hydrogen-bond acceptors (Lipinski definition) is 6. The van der Waals surface area contributed by atoms with Gasteiger partial charge in [0.2, 0.25) is 5.95 Å². The van der Waals surface area contributed by atoms with Gasteiger partial charge in [-0.25, -0.2) is 15.0 Å². The van der Waals surface area contributed by atoms with Crippen molar-refractivity contribution in [2.75, 3.05) is 31.4 Å². The zero-order valence-electron chi connectivity index (χ0n) is 19.6. The SMILES string of the molecule is COc1cc(-c2ccc3nc(C(=O)Nc4cnc(N(C)C)nc4)cn3c2)ccc1-c1ccccc1. The number of carbonyl (C=O) groups excluding carboxylic acids is 1. The Balaban J connectivity index is 1.40. The number of ether oxygens (including phenoxy) is 1. The molecule has 3 aromatic heterocycles. The van der Waals surface area contributed by atoms with Gasteiger partial charge in [0.05, 0.1) is 25.2 Å². The lowest BCUT2D eigenvalue weighted by atomic mass is 10.00. The maximum Gasteiger partial charge on any atom is 0.275 e. The number of nitrogens with one attached hydrogen (secondary N) is 1. The molecule has 0 aliphatic carbocycles. The van der Waals surface area contributed by atoms with Crippen LogP contribution in [0.25, 0.3) is 27.9 Å². The van der Waals surface area contributed by atoms with Crippen LogP contribution in [0.3, 0.4) is 0 Å². The topological polar surface area (TPSA) is 84.6 Å². The summed E-state index contributed by atoms with van der Waals surface area (Å²) in [5.41, 5.74) is 5.58. The highest BCUT2D eigenvalue weighted by Gasteiger charge is 2.13. The van der Waals surface area contributed by atoms with Crippen LogP contribution in [-0.2, 0) is 0 Å². The van der Waals surface area contributed by atoms with Crippen LogP contribution in [0.4, 0.5) is 11.6 Å². The van der Waals surface area contributed by atoms with Crippen molar-refractivity contribution in [3.8, 4) is 28.0 Å². The lowest BCUT2D eigenvalue weighted by molar-refractivity contribution is 0.102. The normalized spacial score (nSPS) is 10.8. The lowest BCUT2D eigenvalue weighted by Crippen LogP contribution is -2.15. The van der Waals surface area contributed by atoms with E-state index in [4.69, 9.17) is 4.74 Å². The zero-order chi connectivity index (χ0) is 24.4. The van der Waals surface area contributed by atoms with Crippen molar-refractivity contribution < 1.29 is 9.53 Å². The van der Waals surface area contributed by atoms with Gasteiger partial charge < -0.3 is 19.4 Å². The largest absolute Gasteiger partial charge is 0.496 e. The Morgan fingerprint density at radius 1 is 0.914 bits per heavy atom. The van der Waals surface area contributed by atoms with E-state index in [1.165, 1.54) is 0 Å². The number of fused-ring (bicyclic) bond motifs is 1. The summed E-state index contributed by atoms with van der Waals surface area (Å²) in [6.45, 7) is 0. The second kappa shape index (κ2) is 9.26. The molecule has 1 N–H and O–H groups in total. The molecule has 0 aliphatic rings. The summed E-state index contributed by atoms with van der Waals surface area (Å²) >= 11 is 0. The molecule has 0 saturated carbocycles. The van der Waals surface area contributed by atoms with Crippen LogP contribution in [0.5, 0.6) is 5.75 Å². The second-order valence-corrected chi connectivity index (χ2v) is 8.21. The minimum absolute atomic E-state index is 0.302. The molecule has 2 aromatic carbocycles. The van der Waals surface area contributed by atoms with E-state index in [1.807, 2.05) is 61.1 Å². The smallest absolute Gasteiger partial charge is 0.275 e. The summed E-state index contributed by atoms with van der Waals surface area (Å²) < 4.78 is 7.52. The van der Waals surface area contributed by atoms with Crippen LogP contribution >= 0.6 is 0 Å². The molecule has 1 amide bonds. The third-order valence-electron chi connectivity index (χ3n) is 5.60. The van der Waals surface area contributed by atoms with E-state index >= 15 is 0 Å². The van der Waals surface area contributed by atoms with Crippen molar-refractivity contribution >= 4 is 23.2 Å². The van der Waals surface area contributed by atoms with Crippen LogP contribution in [-0.4, -0.2) is 46.5 Å². The Hall–Kier alpha value is -4.72. The minimum atomic E-state index is -0.328. The summed E-state index contributed by atoms with van der Waals surface area (Å²) in [7, 11) is 5.38. The molecule has 0 fully saturated rings. The number of amides is 1. The van der Waals surface area contributed by atoms with Gasteiger partial charge in [0.15, 0.2) is 0 Å². The number of pyridine rings is 1. The third-order valence-corrected chi connectivity index (χ3v) is 5.60. The number of nitrogens with zero attached hydrogens (tertiary/aromatic N) is 5. The molecule has 0 saturated heterocycles. The number of anilines is 2. The quantitative estimate of drug-likeness (QED) is 0.389. The number of hydrogen-bond donors (Lipinski definition) is 1. The summed E-state index contributed by atoms with van der Waals surface area (Å²) in [6, 6.07) is 20.1. The minimum Gasteiger partial charge on any atom is -0.496 e. The van der Waals surface area contributed by atoms with Crippen molar-refractivity contribution in [2.24, 2.45) is 0 Å². The average molecular weight is 465 g/mol. The van der Waals surface area contributed by atoms with Crippen LogP contribution in [0, 0.1) is 0 Å². The Labute approximate surface area is 202 Å². The van der Waals surface area contributed by atoms with Crippen molar-refractivity contribution in [1.29, 1.82) is 0 Å². The Bertz CT molecular complexity index is 1490. The van der Waals surface area contributed by atoms with E-state index in [2.05, 4.69) is 44.5 Å². The maximum atomic E-state index is 12.7. The van der Waals surface area contributed by atoms with Crippen LogP contribution in [0.1, 0.15) is 10.5 Å². The molecule has 0 aliphatic heterocycles. The zero-order valence-corrected chi connectivity index (χ0v) is 19.6. The molecule has 3 heterocycles. The van der Waals surface area contributed by atoms with Crippen molar-refractivity contribution in [1.82, 2.24) is 19.4 Å². The summed E-state index contributed by atoms with van der Waals surface area (Å²) in [5, 5.41) is 2.79. The van der Waals surface area contributed by atoms with Gasteiger partial charge in [-0.05, 0) is 34.9 Å². The number of carbonyl (C=O) groups is 1. The highest BCUT2D eigenvalue weighted by atomic mass is 16.5. The van der Waals surface area contributed by atoms with E-state index in [9.17, 15) is 4.79 Å². The van der Waals surface area contributed by atoms with Gasteiger partial charge in [0.25, 0.3) is 5.91 Å². The highest BCUT2D eigenvalue weighted by Crippen LogP contribution is 2.34. The van der Waals surface area contributed by atoms with Crippen molar-refractivity contribution in [3.05, 3.63) is 91.1 Å². The van der Waals surface area contributed by atoms with E-state index in [-0.39, 0.29) is 5.91 Å². The fraction of sp³-hybridized carbons (Fsp3) is 0.111. The second-order valence-electron chi connectivity index (χ2n) is 8.21. The van der Waals surface area contributed by atoms with Crippen LogP contribution < -0.4 is 15.0 Å². The van der Waals surface area contributed by atoms with Gasteiger partial charge >= 0.3 is 0 Å². The first kappa shape index (κ1) is 22.1. The van der Waals surface area contributed by atoms with Gasteiger partial charge in [-0.1, -0.05) is 42.5 Å². The third kappa shape index (κ3) is 4.54. The molecule has 8 heteroatoms. The van der Waals surface area contributed by atoms with Gasteiger partial charge in [-0.2, -0.15) is 0 Å². The molecule has 0 atom stereocenters. The van der Waals surface area contributed by atoms with E-state index < -0.39 is 0 Å². The first-order chi connectivity index (χ1) is 17.0. The molecular formula is C27H24N6O2. The molecule has 8 nitrogen and oxygen atoms in total. The van der Waals surface area contributed by atoms with Gasteiger partial charge in [-0.15, -0.1) is 0 Å². The monoisotopic (exact) mass is 464 g/mol. The Morgan fingerprint density at radius 3 is 2.37 bits per heavy atom. The fourth-order valence-electron chi connectivity index (χ4n) is 3.81. The summed E-state index contributed by atoms with van der Waals surface area (Å²) in [4.78, 5) is 27.4. The average Bonchev–Trinajstić information content (AvgIpc) is 3.33. The molecule has 0 unspecified atom stereocenters. The number of imidazole rings is 1. The molecule has 35 heavy (non-hydrogen) atoms. The molecule has 0 spiro atoms. The van der Waals surface area contributed by atoms with Gasteiger partial charge in [-0.3, -0.25) is 4.79 Å². The van der Waals surface area contributed by atoms with Crippen LogP contribution in [0.15, 0.2) is 85.5 Å². The molecule has 174 valence electrons. The number of benzene rings is 2. The highest BCUT2D eigenvalue weighted by molar-refractivity contribution is 6.03. The molecule has 5 rings (SSSR count). The Morgan fingerprint density at radius 2 is 1.66 bits per heavy atom. The molecular weight excluding hydrogens is 440 g/mol. The van der Waals surface area contributed by atoms with E-state index in [1.54, 1.807) is 30.6 Å². The number of methoxy groups -OCH3 is 1. The predicted octanol–water partition coefficient (Wildman–Crippen LogP) is 4.79. The number of rotatable bonds is 6. The van der Waals surface area contributed by atoms with Gasteiger partial charge in [0.1, 0.15) is 17.1 Å². The standard InChI is InChI=1S/C27H24N6O2/c1-32(2)27-28-14-21(15-29-27)30-26(34)23-17-33-16-20(10-12-25(33)31-23)19-9-11-22(24(13-19)35-3)18-7-5-4-6-8-18/h4-17H,1-3H3,(H,30,34). The summed E-state index contributed by atoms with van der Waals surface area (Å²) in [5.74, 6) is 1.03. The predicted molar refractivity (Wildman–Crippen MR) is 137 cm³/mol. The lowest BCUT2D eigenvalue weighted by Gasteiger charge is -2.11. The van der Waals surface area contributed by atoms with E-state index in [0.717, 1.165) is 28.0 Å². The first-order valence-corrected chi connectivity index (χ1v) is 11.0. The van der Waals surface area contributed by atoms with Crippen molar-refractivity contribution in [2.45, 2.75) is 0 Å². The van der Waals surface area contributed by atoms with Crippen molar-refractivity contribution in [3.63, 3.8) is 0 Å². The molecule has 0 radical (unpaired) electrons. The van der Waals surface area contributed by atoms with E-state index in [0.29, 0.717) is 23.0 Å². The Kier molecular flexibility index (Phi) is 5.85. The maximum absolute atomic E-state index is 12.7. The summed E-state index contributed by atoms with van der Waals surface area (Å²) in [6.07, 6.45) is 6.80. The fourth-order valence-corrected chi connectivity index (χ4v) is 3.81.